The molecule has 0 aromatic heterocycles. The van der Waals surface area contributed by atoms with E-state index in [-0.39, 0.29) is 0 Å². The van der Waals surface area contributed by atoms with Crippen molar-refractivity contribution in [3.8, 4) is 0 Å². The van der Waals surface area contributed by atoms with Gasteiger partial charge in [-0.25, -0.2) is 0 Å². The van der Waals surface area contributed by atoms with Crippen molar-refractivity contribution in [1.29, 1.82) is 0 Å². The van der Waals surface area contributed by atoms with Gasteiger partial charge in [-0.2, -0.15) is 0 Å². The summed E-state index contributed by atoms with van der Waals surface area (Å²) in [4.78, 5) is 0. The van der Waals surface area contributed by atoms with Gasteiger partial charge in [-0.1, -0.05) is 0 Å². The summed E-state index contributed by atoms with van der Waals surface area (Å²) in [5.41, 5.74) is -0.448. The van der Waals surface area contributed by atoms with Crippen LogP contribution >= 0.6 is 0 Å². The topological polar surface area (TPSA) is 44.3 Å². The molecule has 0 aromatic rings. The molecule has 2 aliphatic heterocycles. The van der Waals surface area contributed by atoms with Crippen molar-refractivity contribution in [1.82, 2.24) is 10.6 Å². The Morgan fingerprint density at radius 1 is 1.36 bits per heavy atom. The summed E-state index contributed by atoms with van der Waals surface area (Å²) in [6.07, 6.45) is 3.26. The predicted octanol–water partition coefficient (Wildman–Crippen LogP) is -0.537. The van der Waals surface area contributed by atoms with Crippen LogP contribution in [0.25, 0.3) is 0 Å². The van der Waals surface area contributed by atoms with Gasteiger partial charge in [-0.05, 0) is 32.4 Å². The molecule has 0 aliphatic carbocycles. The van der Waals surface area contributed by atoms with E-state index in [0.29, 0.717) is 6.04 Å². The summed E-state index contributed by atoms with van der Waals surface area (Å²) in [7, 11) is 0. The minimum absolute atomic E-state index is 0.345. The smallest absolute Gasteiger partial charge is 0.0935 e. The fraction of sp³-hybridized carbons (Fsp3) is 1.00. The monoisotopic (exact) mass is 156 g/mol. The summed E-state index contributed by atoms with van der Waals surface area (Å²) in [5.74, 6) is 0. The van der Waals surface area contributed by atoms with E-state index in [1.165, 1.54) is 6.42 Å². The molecule has 0 saturated carbocycles. The van der Waals surface area contributed by atoms with E-state index in [0.717, 1.165) is 32.5 Å². The predicted molar refractivity (Wildman–Crippen MR) is 43.5 cm³/mol. The molecule has 0 spiro atoms. The van der Waals surface area contributed by atoms with Gasteiger partial charge in [0.1, 0.15) is 0 Å². The molecule has 64 valence electrons. The molecule has 2 fully saturated rings. The van der Waals surface area contributed by atoms with Crippen molar-refractivity contribution in [3.05, 3.63) is 0 Å². The molecular formula is C8H16N2O. The average Bonchev–Trinajstić information content (AvgIpc) is 2.55. The number of nitrogens with one attached hydrogen (secondary N) is 2. The van der Waals surface area contributed by atoms with Gasteiger partial charge < -0.3 is 15.7 Å². The Labute approximate surface area is 67.2 Å². The third-order valence-electron chi connectivity index (χ3n) is 2.87. The first kappa shape index (κ1) is 7.53. The maximum atomic E-state index is 10.1. The molecule has 3 heteroatoms. The van der Waals surface area contributed by atoms with E-state index in [4.69, 9.17) is 0 Å². The minimum atomic E-state index is -0.448. The van der Waals surface area contributed by atoms with Gasteiger partial charge in [0, 0.05) is 12.6 Å². The van der Waals surface area contributed by atoms with E-state index < -0.39 is 5.60 Å². The van der Waals surface area contributed by atoms with Crippen LogP contribution in [-0.2, 0) is 0 Å². The molecule has 3 N–H and O–H groups in total. The number of hydrogen-bond donors (Lipinski definition) is 3. The van der Waals surface area contributed by atoms with Gasteiger partial charge in [0.15, 0.2) is 0 Å². The molecule has 11 heavy (non-hydrogen) atoms. The fourth-order valence-corrected chi connectivity index (χ4v) is 2.14. The van der Waals surface area contributed by atoms with Crippen LogP contribution in [0.4, 0.5) is 0 Å². The molecule has 2 heterocycles. The van der Waals surface area contributed by atoms with Crippen LogP contribution in [0.3, 0.4) is 0 Å². The first-order chi connectivity index (χ1) is 5.31. The molecule has 0 radical (unpaired) electrons. The zero-order chi connectivity index (χ0) is 7.73. The Kier molecular flexibility index (Phi) is 1.87. The second-order valence-electron chi connectivity index (χ2n) is 3.68. The Balaban J connectivity index is 2.00. The van der Waals surface area contributed by atoms with Gasteiger partial charge in [0.25, 0.3) is 0 Å². The highest BCUT2D eigenvalue weighted by Gasteiger charge is 2.40. The van der Waals surface area contributed by atoms with Crippen LogP contribution in [0.15, 0.2) is 0 Å². The number of rotatable bonds is 1. The fourth-order valence-electron chi connectivity index (χ4n) is 2.14. The summed E-state index contributed by atoms with van der Waals surface area (Å²) >= 11 is 0. The zero-order valence-corrected chi connectivity index (χ0v) is 6.77. The molecule has 2 rings (SSSR count). The van der Waals surface area contributed by atoms with E-state index >= 15 is 0 Å². The lowest BCUT2D eigenvalue weighted by molar-refractivity contribution is 0.0273. The van der Waals surface area contributed by atoms with Crippen LogP contribution in [-0.4, -0.2) is 36.4 Å². The van der Waals surface area contributed by atoms with Crippen LogP contribution in [0, 0.1) is 0 Å². The molecule has 0 aromatic carbocycles. The van der Waals surface area contributed by atoms with Crippen LogP contribution in [0.1, 0.15) is 19.3 Å². The normalized spacial score (nSPS) is 45.0. The highest BCUT2D eigenvalue weighted by molar-refractivity contribution is 4.99. The molecule has 0 amide bonds. The highest BCUT2D eigenvalue weighted by atomic mass is 16.3. The highest BCUT2D eigenvalue weighted by Crippen LogP contribution is 2.24. The van der Waals surface area contributed by atoms with Crippen molar-refractivity contribution in [2.45, 2.75) is 30.9 Å². The van der Waals surface area contributed by atoms with Crippen molar-refractivity contribution >= 4 is 0 Å². The van der Waals surface area contributed by atoms with E-state index in [9.17, 15) is 5.11 Å². The maximum absolute atomic E-state index is 10.1. The van der Waals surface area contributed by atoms with E-state index in [1.54, 1.807) is 0 Å². The van der Waals surface area contributed by atoms with Gasteiger partial charge in [-0.15, -0.1) is 0 Å². The summed E-state index contributed by atoms with van der Waals surface area (Å²) in [6, 6.07) is 0.345. The van der Waals surface area contributed by atoms with Crippen LogP contribution in [0.2, 0.25) is 0 Å². The number of aliphatic hydroxyl groups is 1. The maximum Gasteiger partial charge on any atom is 0.0935 e. The number of hydrogen-bond acceptors (Lipinski definition) is 3. The lowest BCUT2D eigenvalue weighted by Gasteiger charge is -2.28. The quantitative estimate of drug-likeness (QED) is 0.478. The molecular weight excluding hydrogens is 140 g/mol. The first-order valence-electron chi connectivity index (χ1n) is 4.48. The molecule has 0 bridgehead atoms. The third kappa shape index (κ3) is 1.28. The molecule has 2 saturated heterocycles. The summed E-state index contributed by atoms with van der Waals surface area (Å²) < 4.78 is 0. The molecule has 3 nitrogen and oxygen atoms in total. The Morgan fingerprint density at radius 3 is 2.82 bits per heavy atom. The second kappa shape index (κ2) is 2.73. The minimum Gasteiger partial charge on any atom is -0.387 e. The van der Waals surface area contributed by atoms with Crippen molar-refractivity contribution in [2.24, 2.45) is 0 Å². The zero-order valence-electron chi connectivity index (χ0n) is 6.77. The van der Waals surface area contributed by atoms with E-state index in [2.05, 4.69) is 10.6 Å². The second-order valence-corrected chi connectivity index (χ2v) is 3.68. The van der Waals surface area contributed by atoms with Crippen molar-refractivity contribution in [2.75, 3.05) is 19.6 Å². The molecule has 2 atom stereocenters. The average molecular weight is 156 g/mol. The van der Waals surface area contributed by atoms with Gasteiger partial charge in [-0.3, -0.25) is 0 Å². The third-order valence-corrected chi connectivity index (χ3v) is 2.87. The Hall–Kier alpha value is -0.120. The van der Waals surface area contributed by atoms with Gasteiger partial charge in [0.2, 0.25) is 0 Å². The lowest BCUT2D eigenvalue weighted by atomic mass is 9.92. The lowest BCUT2D eigenvalue weighted by Crippen LogP contribution is -2.49. The summed E-state index contributed by atoms with van der Waals surface area (Å²) in [5, 5.41) is 16.6. The van der Waals surface area contributed by atoms with Crippen LogP contribution in [0.5, 0.6) is 0 Å². The largest absolute Gasteiger partial charge is 0.387 e. The van der Waals surface area contributed by atoms with E-state index in [1.807, 2.05) is 0 Å². The number of β-amino-alcohol motifs (C(OH)–C–C–N with tert-alkyl or cyclic N) is 1. The summed E-state index contributed by atoms with van der Waals surface area (Å²) in [6.45, 7) is 2.81. The Morgan fingerprint density at radius 2 is 2.27 bits per heavy atom. The SMILES string of the molecule is OC1(C2CCCN2)CCNC1. The van der Waals surface area contributed by atoms with Crippen molar-refractivity contribution in [3.63, 3.8) is 0 Å². The first-order valence-corrected chi connectivity index (χ1v) is 4.48. The van der Waals surface area contributed by atoms with Gasteiger partial charge in [0.05, 0.1) is 5.60 Å². The standard InChI is InChI=1S/C8H16N2O/c11-8(3-5-9-6-8)7-2-1-4-10-7/h7,9-11H,1-6H2. The molecule has 2 unspecified atom stereocenters. The Bertz CT molecular complexity index is 137. The molecule has 2 aliphatic rings. The van der Waals surface area contributed by atoms with Crippen molar-refractivity contribution < 1.29 is 5.11 Å². The van der Waals surface area contributed by atoms with Crippen LogP contribution < -0.4 is 10.6 Å². The van der Waals surface area contributed by atoms with Gasteiger partial charge >= 0.3 is 0 Å².